The molecule has 0 saturated carbocycles. The normalized spacial score (nSPS) is 11.3. The third kappa shape index (κ3) is 2.76. The average molecular weight is 350 g/mol. The Labute approximate surface area is 129 Å². The Morgan fingerprint density at radius 1 is 1.33 bits per heavy atom. The van der Waals surface area contributed by atoms with Gasteiger partial charge in [-0.2, -0.15) is 0 Å². The van der Waals surface area contributed by atoms with Gasteiger partial charge in [0, 0.05) is 6.07 Å². The highest BCUT2D eigenvalue weighted by Crippen LogP contribution is 2.25. The molecular formula is C15H13BrFN3O. The van der Waals surface area contributed by atoms with E-state index in [0.717, 1.165) is 10.3 Å². The number of ether oxygens (including phenoxy) is 1. The van der Waals surface area contributed by atoms with E-state index in [9.17, 15) is 4.39 Å². The molecule has 0 atom stereocenters. The Kier molecular flexibility index (Phi) is 3.63. The standard InChI is InChI=1S/C15H13BrFN3O/c1-9(2)21-13-6-15-18-7-12(20(15)8-10(13)17)11-4-3-5-14(16)19-11/h3-9H,1-2H3. The van der Waals surface area contributed by atoms with Crippen molar-refractivity contribution in [2.24, 2.45) is 0 Å². The molecule has 0 aliphatic rings. The van der Waals surface area contributed by atoms with Crippen LogP contribution >= 0.6 is 15.9 Å². The smallest absolute Gasteiger partial charge is 0.181 e. The summed E-state index contributed by atoms with van der Waals surface area (Å²) in [6, 6.07) is 7.15. The van der Waals surface area contributed by atoms with Crippen LogP contribution in [0.4, 0.5) is 4.39 Å². The van der Waals surface area contributed by atoms with E-state index in [1.54, 1.807) is 16.7 Å². The maximum atomic E-state index is 14.1. The minimum absolute atomic E-state index is 0.0943. The maximum Gasteiger partial charge on any atom is 0.181 e. The van der Waals surface area contributed by atoms with Gasteiger partial charge in [0.15, 0.2) is 11.6 Å². The van der Waals surface area contributed by atoms with Crippen LogP contribution in [0.2, 0.25) is 0 Å². The number of pyridine rings is 2. The zero-order valence-corrected chi connectivity index (χ0v) is 13.1. The molecule has 4 nitrogen and oxygen atoms in total. The van der Waals surface area contributed by atoms with E-state index in [-0.39, 0.29) is 11.9 Å². The zero-order valence-electron chi connectivity index (χ0n) is 11.5. The number of nitrogens with zero attached hydrogens (tertiary/aromatic N) is 3. The summed E-state index contributed by atoms with van der Waals surface area (Å²) in [4.78, 5) is 8.66. The molecule has 0 N–H and O–H groups in total. The molecule has 0 aliphatic heterocycles. The highest BCUT2D eigenvalue weighted by Gasteiger charge is 2.13. The first-order chi connectivity index (χ1) is 10.0. The van der Waals surface area contributed by atoms with Crippen LogP contribution < -0.4 is 4.74 Å². The first-order valence-electron chi connectivity index (χ1n) is 6.51. The Morgan fingerprint density at radius 3 is 2.86 bits per heavy atom. The van der Waals surface area contributed by atoms with E-state index in [1.165, 1.54) is 6.20 Å². The molecule has 0 amide bonds. The third-order valence-electron chi connectivity index (χ3n) is 2.90. The summed E-state index contributed by atoms with van der Waals surface area (Å²) in [7, 11) is 0. The number of fused-ring (bicyclic) bond motifs is 1. The van der Waals surface area contributed by atoms with Gasteiger partial charge in [-0.05, 0) is 41.9 Å². The fourth-order valence-electron chi connectivity index (χ4n) is 2.07. The van der Waals surface area contributed by atoms with Crippen LogP contribution in [0.1, 0.15) is 13.8 Å². The molecule has 3 aromatic heterocycles. The highest BCUT2D eigenvalue weighted by atomic mass is 79.9. The Balaban J connectivity index is 2.13. The van der Waals surface area contributed by atoms with Crippen LogP contribution in [0.5, 0.6) is 5.75 Å². The van der Waals surface area contributed by atoms with Crippen molar-refractivity contribution in [3.63, 3.8) is 0 Å². The van der Waals surface area contributed by atoms with Crippen LogP contribution in [0.15, 0.2) is 41.3 Å². The van der Waals surface area contributed by atoms with Crippen LogP contribution in [-0.2, 0) is 0 Å². The molecule has 0 aliphatic carbocycles. The van der Waals surface area contributed by atoms with Crippen LogP contribution in [0.3, 0.4) is 0 Å². The lowest BCUT2D eigenvalue weighted by atomic mass is 10.3. The lowest BCUT2D eigenvalue weighted by Gasteiger charge is -2.11. The number of imidazole rings is 1. The largest absolute Gasteiger partial charge is 0.488 e. The van der Waals surface area contributed by atoms with Crippen LogP contribution in [-0.4, -0.2) is 20.5 Å². The number of halogens is 2. The van der Waals surface area contributed by atoms with Crippen LogP contribution in [0, 0.1) is 5.82 Å². The van der Waals surface area contributed by atoms with E-state index in [1.807, 2.05) is 32.0 Å². The number of rotatable bonds is 3. The molecule has 3 aromatic rings. The van der Waals surface area contributed by atoms with E-state index < -0.39 is 5.82 Å². The second kappa shape index (κ2) is 5.44. The van der Waals surface area contributed by atoms with Gasteiger partial charge < -0.3 is 4.74 Å². The summed E-state index contributed by atoms with van der Waals surface area (Å²) in [6.45, 7) is 3.71. The highest BCUT2D eigenvalue weighted by molar-refractivity contribution is 9.10. The molecule has 0 saturated heterocycles. The lowest BCUT2D eigenvalue weighted by molar-refractivity contribution is 0.231. The molecular weight excluding hydrogens is 337 g/mol. The first kappa shape index (κ1) is 14.0. The van der Waals surface area contributed by atoms with Gasteiger partial charge in [0.2, 0.25) is 0 Å². The van der Waals surface area contributed by atoms with Crippen molar-refractivity contribution in [3.8, 4) is 17.1 Å². The van der Waals surface area contributed by atoms with Crippen molar-refractivity contribution in [1.29, 1.82) is 0 Å². The van der Waals surface area contributed by atoms with Gasteiger partial charge in [0.1, 0.15) is 10.3 Å². The second-order valence-electron chi connectivity index (χ2n) is 4.87. The summed E-state index contributed by atoms with van der Waals surface area (Å²) in [5.41, 5.74) is 2.05. The number of hydrogen-bond donors (Lipinski definition) is 0. The minimum Gasteiger partial charge on any atom is -0.488 e. The van der Waals surface area contributed by atoms with E-state index in [0.29, 0.717) is 11.3 Å². The van der Waals surface area contributed by atoms with Gasteiger partial charge in [-0.3, -0.25) is 4.40 Å². The van der Waals surface area contributed by atoms with E-state index in [2.05, 4.69) is 25.9 Å². The number of hydrogen-bond acceptors (Lipinski definition) is 3. The van der Waals surface area contributed by atoms with Crippen molar-refractivity contribution in [1.82, 2.24) is 14.4 Å². The number of aromatic nitrogens is 3. The van der Waals surface area contributed by atoms with Crippen molar-refractivity contribution in [3.05, 3.63) is 47.1 Å². The summed E-state index contributed by atoms with van der Waals surface area (Å²) in [5, 5.41) is 0. The van der Waals surface area contributed by atoms with E-state index in [4.69, 9.17) is 4.74 Å². The molecule has 0 spiro atoms. The van der Waals surface area contributed by atoms with Gasteiger partial charge >= 0.3 is 0 Å². The van der Waals surface area contributed by atoms with Gasteiger partial charge in [-0.25, -0.2) is 14.4 Å². The SMILES string of the molecule is CC(C)Oc1cc2ncc(-c3cccc(Br)n3)n2cc1F. The molecule has 6 heteroatoms. The van der Waals surface area contributed by atoms with Gasteiger partial charge in [-0.15, -0.1) is 0 Å². The topological polar surface area (TPSA) is 39.4 Å². The Morgan fingerprint density at radius 2 is 2.14 bits per heavy atom. The maximum absolute atomic E-state index is 14.1. The summed E-state index contributed by atoms with van der Waals surface area (Å²) < 4.78 is 21.9. The lowest BCUT2D eigenvalue weighted by Crippen LogP contribution is -2.07. The molecule has 108 valence electrons. The average Bonchev–Trinajstić information content (AvgIpc) is 2.81. The molecule has 3 rings (SSSR count). The Hall–Kier alpha value is -1.95. The monoisotopic (exact) mass is 349 g/mol. The zero-order chi connectivity index (χ0) is 15.0. The predicted octanol–water partition coefficient (Wildman–Crippen LogP) is 4.09. The third-order valence-corrected chi connectivity index (χ3v) is 3.35. The molecule has 0 fully saturated rings. The van der Waals surface area contributed by atoms with E-state index >= 15 is 0 Å². The van der Waals surface area contributed by atoms with Gasteiger partial charge in [0.05, 0.1) is 29.9 Å². The van der Waals surface area contributed by atoms with Crippen molar-refractivity contribution < 1.29 is 9.13 Å². The summed E-state index contributed by atoms with van der Waals surface area (Å²) in [6.07, 6.45) is 2.95. The fraction of sp³-hybridized carbons (Fsp3) is 0.200. The van der Waals surface area contributed by atoms with Crippen molar-refractivity contribution in [2.45, 2.75) is 20.0 Å². The Bertz CT molecular complexity index is 801. The van der Waals surface area contributed by atoms with Crippen molar-refractivity contribution in [2.75, 3.05) is 0 Å². The predicted molar refractivity (Wildman–Crippen MR) is 81.8 cm³/mol. The molecule has 0 aromatic carbocycles. The molecule has 0 bridgehead atoms. The summed E-state index contributed by atoms with van der Waals surface area (Å²) >= 11 is 3.33. The summed E-state index contributed by atoms with van der Waals surface area (Å²) in [5.74, 6) is -0.220. The molecule has 0 radical (unpaired) electrons. The van der Waals surface area contributed by atoms with Gasteiger partial charge in [0.25, 0.3) is 0 Å². The fourth-order valence-corrected chi connectivity index (χ4v) is 2.41. The first-order valence-corrected chi connectivity index (χ1v) is 7.30. The van der Waals surface area contributed by atoms with Crippen molar-refractivity contribution >= 4 is 21.6 Å². The quantitative estimate of drug-likeness (QED) is 0.668. The molecule has 21 heavy (non-hydrogen) atoms. The molecule has 3 heterocycles. The second-order valence-corrected chi connectivity index (χ2v) is 5.68. The van der Waals surface area contributed by atoms with Gasteiger partial charge in [-0.1, -0.05) is 6.07 Å². The van der Waals surface area contributed by atoms with Crippen LogP contribution in [0.25, 0.3) is 17.0 Å². The minimum atomic E-state index is -0.426. The molecule has 0 unspecified atom stereocenters.